The van der Waals surface area contributed by atoms with E-state index in [4.69, 9.17) is 0 Å². The first kappa shape index (κ1) is 10.9. The maximum absolute atomic E-state index is 12.9. The minimum atomic E-state index is -0.318. The van der Waals surface area contributed by atoms with Crippen LogP contribution in [0.3, 0.4) is 0 Å². The number of aromatic nitrogens is 2. The Balaban J connectivity index is 2.44. The number of hydrogen-bond donors (Lipinski definition) is 0. The van der Waals surface area contributed by atoms with Gasteiger partial charge in [-0.15, -0.1) is 0 Å². The second-order valence-electron chi connectivity index (χ2n) is 4.90. The molecule has 0 unspecified atom stereocenters. The van der Waals surface area contributed by atoms with Crippen LogP contribution in [-0.2, 0) is 5.41 Å². The fourth-order valence-electron chi connectivity index (χ4n) is 1.56. The predicted molar refractivity (Wildman–Crippen MR) is 62.2 cm³/mol. The summed E-state index contributed by atoms with van der Waals surface area (Å²) in [6.07, 6.45) is 2.59. The lowest BCUT2D eigenvalue weighted by atomic mass is 9.87. The summed E-state index contributed by atoms with van der Waals surface area (Å²) >= 11 is 0. The molecule has 3 heteroatoms. The first-order valence-electron chi connectivity index (χ1n) is 5.28. The van der Waals surface area contributed by atoms with Crippen LogP contribution in [0.1, 0.15) is 26.3 Å². The highest BCUT2D eigenvalue weighted by Gasteiger charge is 2.14. The molecule has 0 saturated heterocycles. The molecule has 0 saturated carbocycles. The molecule has 0 fully saturated rings. The largest absolute Gasteiger partial charge is 0.238 e. The van der Waals surface area contributed by atoms with E-state index in [0.29, 0.717) is 0 Å². The van der Waals surface area contributed by atoms with Gasteiger partial charge in [-0.1, -0.05) is 32.9 Å². The highest BCUT2D eigenvalue weighted by atomic mass is 19.1. The Morgan fingerprint density at radius 3 is 2.56 bits per heavy atom. The molecule has 2 aromatic rings. The Morgan fingerprint density at radius 1 is 1.25 bits per heavy atom. The van der Waals surface area contributed by atoms with E-state index in [1.54, 1.807) is 4.68 Å². The Morgan fingerprint density at radius 2 is 2.00 bits per heavy atom. The van der Waals surface area contributed by atoms with Gasteiger partial charge in [0, 0.05) is 0 Å². The molecule has 2 nitrogen and oxygen atoms in total. The number of rotatable bonds is 1. The minimum Gasteiger partial charge on any atom is -0.238 e. The Hall–Kier alpha value is -1.64. The summed E-state index contributed by atoms with van der Waals surface area (Å²) in [7, 11) is 0. The van der Waals surface area contributed by atoms with Gasteiger partial charge >= 0.3 is 0 Å². The van der Waals surface area contributed by atoms with Crippen molar-refractivity contribution in [3.05, 3.63) is 48.0 Å². The van der Waals surface area contributed by atoms with Crippen molar-refractivity contribution in [2.24, 2.45) is 0 Å². The van der Waals surface area contributed by atoms with Gasteiger partial charge in [0.1, 0.15) is 0 Å². The zero-order valence-electron chi connectivity index (χ0n) is 9.74. The average Bonchev–Trinajstić information content (AvgIpc) is 2.64. The van der Waals surface area contributed by atoms with Crippen LogP contribution in [-0.4, -0.2) is 9.78 Å². The lowest BCUT2D eigenvalue weighted by Crippen LogP contribution is -2.11. The quantitative estimate of drug-likeness (QED) is 0.718. The van der Waals surface area contributed by atoms with Gasteiger partial charge in [-0.25, -0.2) is 9.07 Å². The van der Waals surface area contributed by atoms with Gasteiger partial charge in [0.05, 0.1) is 18.1 Å². The van der Waals surface area contributed by atoms with Gasteiger partial charge in [-0.05, 0) is 23.1 Å². The standard InChI is InChI=1S/C13H15FN2/c1-13(2,3)10-5-4-6-12(7-10)16-9-11(14)8-15-16/h4-9H,1-3H3. The fourth-order valence-corrected chi connectivity index (χ4v) is 1.56. The van der Waals surface area contributed by atoms with Gasteiger partial charge in [0.2, 0.25) is 0 Å². The monoisotopic (exact) mass is 218 g/mol. The van der Waals surface area contributed by atoms with Gasteiger partial charge in [-0.3, -0.25) is 0 Å². The van der Waals surface area contributed by atoms with Crippen LogP contribution < -0.4 is 0 Å². The third-order valence-electron chi connectivity index (χ3n) is 2.53. The Kier molecular flexibility index (Phi) is 2.54. The summed E-state index contributed by atoms with van der Waals surface area (Å²) in [6.45, 7) is 6.45. The van der Waals surface area contributed by atoms with Crippen molar-refractivity contribution in [1.29, 1.82) is 0 Å². The van der Waals surface area contributed by atoms with E-state index in [1.165, 1.54) is 18.0 Å². The lowest BCUT2D eigenvalue weighted by molar-refractivity contribution is 0.589. The van der Waals surface area contributed by atoms with Crippen LogP contribution >= 0.6 is 0 Å². The lowest BCUT2D eigenvalue weighted by Gasteiger charge is -2.19. The van der Waals surface area contributed by atoms with Crippen molar-refractivity contribution in [3.63, 3.8) is 0 Å². The smallest absolute Gasteiger partial charge is 0.161 e. The normalized spacial score (nSPS) is 11.8. The maximum Gasteiger partial charge on any atom is 0.161 e. The van der Waals surface area contributed by atoms with E-state index in [1.807, 2.05) is 18.2 Å². The highest BCUT2D eigenvalue weighted by Crippen LogP contribution is 2.23. The van der Waals surface area contributed by atoms with Crippen LogP contribution in [0.5, 0.6) is 0 Å². The molecule has 0 N–H and O–H groups in total. The van der Waals surface area contributed by atoms with E-state index >= 15 is 0 Å². The molecular weight excluding hydrogens is 203 g/mol. The fraction of sp³-hybridized carbons (Fsp3) is 0.308. The van der Waals surface area contributed by atoms with Crippen LogP contribution in [0.15, 0.2) is 36.7 Å². The van der Waals surface area contributed by atoms with Crippen molar-refractivity contribution in [2.45, 2.75) is 26.2 Å². The third kappa shape index (κ3) is 2.13. The second-order valence-corrected chi connectivity index (χ2v) is 4.90. The minimum absolute atomic E-state index is 0.0850. The van der Waals surface area contributed by atoms with Crippen molar-refractivity contribution in [1.82, 2.24) is 9.78 Å². The zero-order chi connectivity index (χ0) is 11.8. The number of nitrogens with zero attached hydrogens (tertiary/aromatic N) is 2. The molecule has 84 valence electrons. The van der Waals surface area contributed by atoms with E-state index in [-0.39, 0.29) is 11.2 Å². The topological polar surface area (TPSA) is 17.8 Å². The third-order valence-corrected chi connectivity index (χ3v) is 2.53. The molecule has 0 atom stereocenters. The molecule has 0 aliphatic heterocycles. The van der Waals surface area contributed by atoms with Crippen LogP contribution in [0, 0.1) is 5.82 Å². The molecule has 2 rings (SSSR count). The predicted octanol–water partition coefficient (Wildman–Crippen LogP) is 3.31. The molecule has 0 aliphatic rings. The SMILES string of the molecule is CC(C)(C)c1cccc(-n2cc(F)cn2)c1. The van der Waals surface area contributed by atoms with Gasteiger partial charge in [-0.2, -0.15) is 5.10 Å². The first-order chi connectivity index (χ1) is 7.47. The van der Waals surface area contributed by atoms with Crippen molar-refractivity contribution in [2.75, 3.05) is 0 Å². The second kappa shape index (κ2) is 3.74. The summed E-state index contributed by atoms with van der Waals surface area (Å²) in [5.41, 5.74) is 2.18. The maximum atomic E-state index is 12.9. The number of hydrogen-bond acceptors (Lipinski definition) is 1. The molecule has 1 aromatic heterocycles. The molecule has 1 heterocycles. The van der Waals surface area contributed by atoms with Crippen molar-refractivity contribution in [3.8, 4) is 5.69 Å². The Bertz CT molecular complexity index is 495. The van der Waals surface area contributed by atoms with Crippen LogP contribution in [0.25, 0.3) is 5.69 Å². The van der Waals surface area contributed by atoms with Crippen molar-refractivity contribution >= 4 is 0 Å². The molecule has 1 aromatic carbocycles. The average molecular weight is 218 g/mol. The van der Waals surface area contributed by atoms with E-state index in [0.717, 1.165) is 5.69 Å². The number of benzene rings is 1. The Labute approximate surface area is 94.7 Å². The summed E-state index contributed by atoms with van der Waals surface area (Å²) in [4.78, 5) is 0. The van der Waals surface area contributed by atoms with E-state index in [2.05, 4.69) is 31.9 Å². The molecule has 16 heavy (non-hydrogen) atoms. The van der Waals surface area contributed by atoms with Gasteiger partial charge in [0.15, 0.2) is 5.82 Å². The summed E-state index contributed by atoms with van der Waals surface area (Å²) in [5.74, 6) is -0.318. The van der Waals surface area contributed by atoms with E-state index < -0.39 is 0 Å². The molecule has 0 bridgehead atoms. The molecular formula is C13H15FN2. The molecule has 0 spiro atoms. The summed E-state index contributed by atoms with van der Waals surface area (Å²) in [5, 5.41) is 3.95. The number of halogens is 1. The van der Waals surface area contributed by atoms with Crippen LogP contribution in [0.4, 0.5) is 4.39 Å². The summed E-state index contributed by atoms with van der Waals surface area (Å²) in [6, 6.07) is 7.99. The summed E-state index contributed by atoms with van der Waals surface area (Å²) < 4.78 is 14.4. The first-order valence-corrected chi connectivity index (χ1v) is 5.28. The van der Waals surface area contributed by atoms with Crippen LogP contribution in [0.2, 0.25) is 0 Å². The van der Waals surface area contributed by atoms with E-state index in [9.17, 15) is 4.39 Å². The molecule has 0 radical (unpaired) electrons. The van der Waals surface area contributed by atoms with Gasteiger partial charge in [0.25, 0.3) is 0 Å². The molecule has 0 aliphatic carbocycles. The van der Waals surface area contributed by atoms with Crippen molar-refractivity contribution < 1.29 is 4.39 Å². The van der Waals surface area contributed by atoms with Gasteiger partial charge < -0.3 is 0 Å². The highest BCUT2D eigenvalue weighted by molar-refractivity contribution is 5.37. The zero-order valence-corrected chi connectivity index (χ0v) is 9.74. The molecule has 0 amide bonds.